The van der Waals surface area contributed by atoms with Crippen molar-refractivity contribution in [2.75, 3.05) is 19.8 Å². The summed E-state index contributed by atoms with van der Waals surface area (Å²) in [6.07, 6.45) is -5.39. The van der Waals surface area contributed by atoms with Gasteiger partial charge < -0.3 is 40.1 Å². The smallest absolute Gasteiger partial charge is 0.161 e. The molecule has 3 unspecified atom stereocenters. The summed E-state index contributed by atoms with van der Waals surface area (Å²) in [7, 11) is 0. The summed E-state index contributed by atoms with van der Waals surface area (Å²) >= 11 is 0. The lowest BCUT2D eigenvalue weighted by atomic mass is 10.0. The highest BCUT2D eigenvalue weighted by Gasteiger charge is 2.38. The van der Waals surface area contributed by atoms with E-state index in [1.807, 2.05) is 0 Å². The van der Waals surface area contributed by atoms with E-state index >= 15 is 0 Å². The van der Waals surface area contributed by atoms with Crippen LogP contribution in [-0.2, 0) is 9.47 Å². The van der Waals surface area contributed by atoms with Crippen LogP contribution in [0.15, 0.2) is 0 Å². The van der Waals surface area contributed by atoms with Crippen molar-refractivity contribution in [1.29, 1.82) is 0 Å². The molecule has 1 fully saturated rings. The minimum atomic E-state index is -1.20. The van der Waals surface area contributed by atoms with Gasteiger partial charge in [-0.1, -0.05) is 0 Å². The highest BCUT2D eigenvalue weighted by atomic mass is 16.7. The van der Waals surface area contributed by atoms with E-state index in [0.717, 1.165) is 0 Å². The van der Waals surface area contributed by atoms with Crippen LogP contribution in [0.4, 0.5) is 0 Å². The zero-order valence-electron chi connectivity index (χ0n) is 11.2. The van der Waals surface area contributed by atoms with Crippen molar-refractivity contribution in [3.63, 3.8) is 0 Å². The number of aliphatic hydroxyl groups excluding tert-OH is 6. The molecule has 0 amide bonds. The Morgan fingerprint density at radius 1 is 1.20 bits per heavy atom. The molecule has 8 nitrogen and oxygen atoms in total. The van der Waals surface area contributed by atoms with Crippen LogP contribution in [0.2, 0.25) is 0 Å². The van der Waals surface area contributed by atoms with Gasteiger partial charge in [0.15, 0.2) is 6.29 Å². The van der Waals surface area contributed by atoms with E-state index in [9.17, 15) is 15.3 Å². The summed E-state index contributed by atoms with van der Waals surface area (Å²) < 4.78 is 10.8. The SMILES string of the molecule is OCCC[C@H](O[C@@H]1CC(O)[C@H](O)C(CO)O1)C(O)CO. The van der Waals surface area contributed by atoms with E-state index in [1.165, 1.54) is 0 Å². The maximum atomic E-state index is 9.66. The minimum absolute atomic E-state index is 0.00849. The molecule has 8 heteroatoms. The van der Waals surface area contributed by atoms with Gasteiger partial charge in [-0.2, -0.15) is 0 Å². The van der Waals surface area contributed by atoms with E-state index in [0.29, 0.717) is 12.8 Å². The number of hydrogen-bond acceptors (Lipinski definition) is 8. The summed E-state index contributed by atoms with van der Waals surface area (Å²) in [5.41, 5.74) is 0. The van der Waals surface area contributed by atoms with E-state index in [1.54, 1.807) is 0 Å². The summed E-state index contributed by atoms with van der Waals surface area (Å²) in [5.74, 6) is 0. The molecule has 0 radical (unpaired) electrons. The molecule has 1 saturated heterocycles. The molecule has 0 aromatic carbocycles. The monoisotopic (exact) mass is 296 g/mol. The Kier molecular flexibility index (Phi) is 7.85. The first kappa shape index (κ1) is 17.7. The summed E-state index contributed by atoms with van der Waals surface area (Å²) in [4.78, 5) is 0. The van der Waals surface area contributed by atoms with Crippen LogP contribution in [0.3, 0.4) is 0 Å². The molecule has 6 atom stereocenters. The largest absolute Gasteiger partial charge is 0.396 e. The van der Waals surface area contributed by atoms with Gasteiger partial charge in [0.05, 0.1) is 25.4 Å². The molecule has 0 aliphatic carbocycles. The fourth-order valence-corrected chi connectivity index (χ4v) is 2.11. The molecule has 0 spiro atoms. The number of rotatable bonds is 8. The van der Waals surface area contributed by atoms with Crippen LogP contribution >= 0.6 is 0 Å². The van der Waals surface area contributed by atoms with Crippen molar-refractivity contribution in [1.82, 2.24) is 0 Å². The quantitative estimate of drug-likeness (QED) is 0.285. The Hall–Kier alpha value is -0.320. The first-order chi connectivity index (χ1) is 9.53. The molecule has 0 aromatic heterocycles. The number of ether oxygens (including phenoxy) is 2. The third-order valence-corrected chi connectivity index (χ3v) is 3.31. The van der Waals surface area contributed by atoms with Gasteiger partial charge in [0.2, 0.25) is 0 Å². The van der Waals surface area contributed by atoms with Gasteiger partial charge >= 0.3 is 0 Å². The second kappa shape index (κ2) is 8.85. The Morgan fingerprint density at radius 2 is 1.90 bits per heavy atom. The van der Waals surface area contributed by atoms with Gasteiger partial charge in [0.25, 0.3) is 0 Å². The first-order valence-corrected chi connectivity index (χ1v) is 6.71. The van der Waals surface area contributed by atoms with Crippen LogP contribution in [-0.4, -0.2) is 87.3 Å². The predicted octanol–water partition coefficient (Wildman–Crippen LogP) is -2.67. The van der Waals surface area contributed by atoms with Crippen LogP contribution in [0, 0.1) is 0 Å². The van der Waals surface area contributed by atoms with Gasteiger partial charge in [-0.05, 0) is 12.8 Å². The van der Waals surface area contributed by atoms with Crippen molar-refractivity contribution < 1.29 is 40.1 Å². The molecule has 1 aliphatic heterocycles. The second-order valence-corrected chi connectivity index (χ2v) is 4.87. The zero-order chi connectivity index (χ0) is 15.1. The average molecular weight is 296 g/mol. The van der Waals surface area contributed by atoms with Gasteiger partial charge in [0, 0.05) is 13.0 Å². The van der Waals surface area contributed by atoms with Crippen molar-refractivity contribution in [2.24, 2.45) is 0 Å². The molecule has 0 bridgehead atoms. The molecule has 20 heavy (non-hydrogen) atoms. The van der Waals surface area contributed by atoms with E-state index in [-0.39, 0.29) is 13.0 Å². The molecule has 0 aromatic rings. The standard InChI is InChI=1S/C12H24O8/c13-3-1-2-9(8(17)5-14)19-11-4-7(16)12(18)10(6-15)20-11/h7-18H,1-6H2/t7?,8?,9-,10?,11-,12-/m0/s1. The molecular weight excluding hydrogens is 272 g/mol. The lowest BCUT2D eigenvalue weighted by molar-refractivity contribution is -0.279. The van der Waals surface area contributed by atoms with Crippen LogP contribution in [0.1, 0.15) is 19.3 Å². The molecule has 1 heterocycles. The summed E-state index contributed by atoms with van der Waals surface area (Å²) in [6.45, 7) is -1.05. The lowest BCUT2D eigenvalue weighted by Gasteiger charge is -2.38. The predicted molar refractivity (Wildman–Crippen MR) is 66.7 cm³/mol. The van der Waals surface area contributed by atoms with Crippen molar-refractivity contribution in [3.05, 3.63) is 0 Å². The van der Waals surface area contributed by atoms with Crippen LogP contribution in [0.5, 0.6) is 0 Å². The van der Waals surface area contributed by atoms with Gasteiger partial charge in [-0.15, -0.1) is 0 Å². The molecule has 1 rings (SSSR count). The second-order valence-electron chi connectivity index (χ2n) is 4.87. The summed E-state index contributed by atoms with van der Waals surface area (Å²) in [5, 5.41) is 55.7. The molecule has 1 aliphatic rings. The topological polar surface area (TPSA) is 140 Å². The van der Waals surface area contributed by atoms with Crippen LogP contribution < -0.4 is 0 Å². The third kappa shape index (κ3) is 4.90. The van der Waals surface area contributed by atoms with Gasteiger partial charge in [-0.25, -0.2) is 0 Å². The number of aliphatic hydroxyl groups is 6. The molecule has 120 valence electrons. The minimum Gasteiger partial charge on any atom is -0.396 e. The number of hydrogen-bond donors (Lipinski definition) is 6. The normalized spacial score (nSPS) is 33.9. The maximum absolute atomic E-state index is 9.66. The van der Waals surface area contributed by atoms with Crippen molar-refractivity contribution in [2.45, 2.75) is 56.1 Å². The fourth-order valence-electron chi connectivity index (χ4n) is 2.11. The Labute approximate surface area is 117 Å². The summed E-state index contributed by atoms with van der Waals surface area (Å²) in [6, 6.07) is 0. The molecular formula is C12H24O8. The Bertz CT molecular complexity index is 264. The van der Waals surface area contributed by atoms with Crippen molar-refractivity contribution in [3.8, 4) is 0 Å². The first-order valence-electron chi connectivity index (χ1n) is 6.71. The Balaban J connectivity index is 2.58. The van der Waals surface area contributed by atoms with Crippen molar-refractivity contribution >= 4 is 0 Å². The van der Waals surface area contributed by atoms with E-state index < -0.39 is 50.0 Å². The Morgan fingerprint density at radius 3 is 2.45 bits per heavy atom. The molecule has 6 N–H and O–H groups in total. The van der Waals surface area contributed by atoms with Crippen LogP contribution in [0.25, 0.3) is 0 Å². The lowest BCUT2D eigenvalue weighted by Crippen LogP contribution is -2.52. The average Bonchev–Trinajstić information content (AvgIpc) is 2.45. The van der Waals surface area contributed by atoms with Gasteiger partial charge in [0.1, 0.15) is 18.3 Å². The highest BCUT2D eigenvalue weighted by Crippen LogP contribution is 2.23. The fraction of sp³-hybridized carbons (Fsp3) is 1.00. The third-order valence-electron chi connectivity index (χ3n) is 3.31. The van der Waals surface area contributed by atoms with E-state index in [2.05, 4.69) is 0 Å². The van der Waals surface area contributed by atoms with Gasteiger partial charge in [-0.3, -0.25) is 0 Å². The molecule has 0 saturated carbocycles. The van der Waals surface area contributed by atoms with E-state index in [4.69, 9.17) is 24.8 Å². The zero-order valence-corrected chi connectivity index (χ0v) is 11.2. The maximum Gasteiger partial charge on any atom is 0.161 e. The highest BCUT2D eigenvalue weighted by molar-refractivity contribution is 4.83.